The second-order valence-corrected chi connectivity index (χ2v) is 13.6. The van der Waals surface area contributed by atoms with E-state index in [-0.39, 0.29) is 12.1 Å². The van der Waals surface area contributed by atoms with Crippen LogP contribution in [0.1, 0.15) is 64.0 Å². The molecule has 4 heteroatoms. The third-order valence-corrected chi connectivity index (χ3v) is 9.98. The van der Waals surface area contributed by atoms with Crippen LogP contribution >= 0.6 is 0 Å². The summed E-state index contributed by atoms with van der Waals surface area (Å²) in [6.45, 7) is 10.7. The molecule has 0 aliphatic carbocycles. The van der Waals surface area contributed by atoms with Gasteiger partial charge in [0.25, 0.3) is 0 Å². The Morgan fingerprint density at radius 1 is 0.941 bits per heavy atom. The molecule has 0 saturated carbocycles. The minimum absolute atomic E-state index is 0.0622. The number of benzene rings is 4. The van der Waals surface area contributed by atoms with Crippen LogP contribution in [0.3, 0.4) is 0 Å². The number of fused-ring (bicyclic) bond motifs is 5. The molecule has 2 heterocycles. The molecule has 4 nitrogen and oxygen atoms in total. The third-order valence-electron chi connectivity index (χ3n) is 9.98. The first-order chi connectivity index (χ1) is 24.9. The summed E-state index contributed by atoms with van der Waals surface area (Å²) in [5, 5.41) is 8.70. The van der Waals surface area contributed by atoms with Gasteiger partial charge in [-0.05, 0) is 102 Å². The number of unbranched alkanes of at least 4 members (excludes halogenated alkanes) is 2. The van der Waals surface area contributed by atoms with E-state index >= 15 is 0 Å². The number of aromatic nitrogens is 1. The molecule has 6 rings (SSSR count). The quantitative estimate of drug-likeness (QED) is 0.0625. The van der Waals surface area contributed by atoms with Crippen molar-refractivity contribution in [2.75, 3.05) is 0 Å². The first-order valence-corrected chi connectivity index (χ1v) is 18.5. The van der Waals surface area contributed by atoms with Gasteiger partial charge in [0.2, 0.25) is 0 Å². The van der Waals surface area contributed by atoms with Crippen molar-refractivity contribution in [2.24, 2.45) is 11.5 Å². The van der Waals surface area contributed by atoms with Crippen molar-refractivity contribution < 1.29 is 0 Å². The zero-order chi connectivity index (χ0) is 35.7. The molecule has 0 radical (unpaired) electrons. The lowest BCUT2D eigenvalue weighted by Crippen LogP contribution is -2.28. The monoisotopic (exact) mass is 672 g/mol. The average Bonchev–Trinajstić information content (AvgIpc) is 3.51. The van der Waals surface area contributed by atoms with Crippen molar-refractivity contribution in [2.45, 2.75) is 71.4 Å². The van der Waals surface area contributed by atoms with Crippen molar-refractivity contribution in [3.8, 4) is 5.69 Å². The van der Waals surface area contributed by atoms with E-state index in [0.29, 0.717) is 0 Å². The standard InChI is InChI=1S/C47H52N4/c1-5-7-8-10-16-33(3)43(49)20-14-13-17-36-23-26-41-42-28-24-37-31-38(45-22-15-21-44(50-45)34(4)29-35(6-2)32-48)25-27-40(37)47(42)51(46(41)30-36)39-18-11-9-12-19-39/h9-16,18-19,21-32,43-44,50H,3,5-8,17,20,48-49H2,1-2,4H3/b14-13-,16-10-,34-29+,35-32-. The highest BCUT2D eigenvalue weighted by Crippen LogP contribution is 2.38. The number of para-hydroxylation sites is 1. The lowest BCUT2D eigenvalue weighted by molar-refractivity contribution is 0.794. The third kappa shape index (κ3) is 8.03. The van der Waals surface area contributed by atoms with Crippen LogP contribution < -0.4 is 16.8 Å². The van der Waals surface area contributed by atoms with E-state index in [9.17, 15) is 0 Å². The minimum atomic E-state index is -0.0622. The molecule has 0 bridgehead atoms. The van der Waals surface area contributed by atoms with Gasteiger partial charge in [-0.2, -0.15) is 0 Å². The van der Waals surface area contributed by atoms with Crippen LogP contribution in [-0.4, -0.2) is 16.7 Å². The van der Waals surface area contributed by atoms with E-state index in [4.69, 9.17) is 11.5 Å². The van der Waals surface area contributed by atoms with Gasteiger partial charge < -0.3 is 21.4 Å². The van der Waals surface area contributed by atoms with Gasteiger partial charge in [0.1, 0.15) is 0 Å². The molecule has 0 saturated heterocycles. The summed E-state index contributed by atoms with van der Waals surface area (Å²) in [5.41, 5.74) is 22.8. The Morgan fingerprint density at radius 2 is 1.75 bits per heavy atom. The fraction of sp³-hybridized carbons (Fsp3) is 0.234. The molecule has 1 aromatic heterocycles. The number of nitrogens with zero attached hydrogens (tertiary/aromatic N) is 1. The number of nitrogens with one attached hydrogen (secondary N) is 1. The highest BCUT2D eigenvalue weighted by atomic mass is 15.0. The van der Waals surface area contributed by atoms with Crippen LogP contribution in [0.4, 0.5) is 0 Å². The normalized spacial score (nSPS) is 16.1. The summed E-state index contributed by atoms with van der Waals surface area (Å²) < 4.78 is 2.44. The molecule has 5 N–H and O–H groups in total. The Kier molecular flexibility index (Phi) is 11.6. The SMILES string of the molecule is C=C(/C=C\CCCC)C(N)C/C=C\Cc1ccc2c3ccc4cc(C5=CC=CC(/C(C)=C/C(=C\N)CC)N5)ccc4c3n(-c3ccccc3)c2c1. The number of allylic oxidation sites excluding steroid dienone is 6. The van der Waals surface area contributed by atoms with Crippen LogP contribution in [0.5, 0.6) is 0 Å². The Bertz CT molecular complexity index is 2200. The first-order valence-electron chi connectivity index (χ1n) is 18.5. The second kappa shape index (κ2) is 16.6. The van der Waals surface area contributed by atoms with E-state index in [2.05, 4.69) is 165 Å². The van der Waals surface area contributed by atoms with E-state index < -0.39 is 0 Å². The Morgan fingerprint density at radius 3 is 2.53 bits per heavy atom. The predicted molar refractivity (Wildman–Crippen MR) is 222 cm³/mol. The van der Waals surface area contributed by atoms with Gasteiger partial charge in [-0.25, -0.2) is 0 Å². The maximum Gasteiger partial charge on any atom is 0.0661 e. The Balaban J connectivity index is 1.31. The summed E-state index contributed by atoms with van der Waals surface area (Å²) >= 11 is 0. The fourth-order valence-corrected chi connectivity index (χ4v) is 6.94. The molecule has 0 fully saturated rings. The maximum absolute atomic E-state index is 6.43. The molecule has 2 unspecified atom stereocenters. The topological polar surface area (TPSA) is 69.0 Å². The van der Waals surface area contributed by atoms with E-state index in [1.807, 2.05) is 0 Å². The van der Waals surface area contributed by atoms with Crippen molar-refractivity contribution in [1.29, 1.82) is 0 Å². The zero-order valence-corrected chi connectivity index (χ0v) is 30.4. The summed E-state index contributed by atoms with van der Waals surface area (Å²) in [4.78, 5) is 0. The van der Waals surface area contributed by atoms with Gasteiger partial charge in [-0.3, -0.25) is 0 Å². The second-order valence-electron chi connectivity index (χ2n) is 13.6. The number of hydrogen-bond donors (Lipinski definition) is 3. The molecule has 0 spiro atoms. The molecule has 51 heavy (non-hydrogen) atoms. The molecule has 1 aliphatic heterocycles. The molecule has 5 aromatic rings. The lowest BCUT2D eigenvalue weighted by Gasteiger charge is -2.23. The average molecular weight is 673 g/mol. The largest absolute Gasteiger partial charge is 0.404 e. The number of dihydropyridines is 1. The summed E-state index contributed by atoms with van der Waals surface area (Å²) in [6.07, 6.45) is 25.1. The summed E-state index contributed by atoms with van der Waals surface area (Å²) in [7, 11) is 0. The van der Waals surface area contributed by atoms with Gasteiger partial charge >= 0.3 is 0 Å². The fourth-order valence-electron chi connectivity index (χ4n) is 6.94. The van der Waals surface area contributed by atoms with E-state index in [1.165, 1.54) is 62.1 Å². The van der Waals surface area contributed by atoms with Crippen LogP contribution in [0.2, 0.25) is 0 Å². The van der Waals surface area contributed by atoms with Crippen molar-refractivity contribution in [3.63, 3.8) is 0 Å². The molecular weight excluding hydrogens is 621 g/mol. The van der Waals surface area contributed by atoms with Crippen LogP contribution in [0, 0.1) is 0 Å². The molecule has 1 aliphatic rings. The van der Waals surface area contributed by atoms with Crippen molar-refractivity contribution >= 4 is 38.3 Å². The number of rotatable bonds is 14. The zero-order valence-electron chi connectivity index (χ0n) is 30.4. The molecule has 2 atom stereocenters. The Labute approximate surface area is 303 Å². The van der Waals surface area contributed by atoms with E-state index in [0.717, 1.165) is 48.2 Å². The Hall–Kier alpha value is -5.32. The minimum Gasteiger partial charge on any atom is -0.404 e. The first kappa shape index (κ1) is 35.5. The van der Waals surface area contributed by atoms with Gasteiger partial charge in [0, 0.05) is 33.6 Å². The summed E-state index contributed by atoms with van der Waals surface area (Å²) in [5.74, 6) is 0. The molecule has 0 amide bonds. The maximum atomic E-state index is 6.43. The van der Waals surface area contributed by atoms with Crippen LogP contribution in [0.25, 0.3) is 44.0 Å². The molecule has 4 aromatic carbocycles. The van der Waals surface area contributed by atoms with Gasteiger partial charge in [-0.1, -0.05) is 130 Å². The summed E-state index contributed by atoms with van der Waals surface area (Å²) in [6, 6.07) is 29.1. The number of nitrogens with two attached hydrogens (primary N) is 2. The smallest absolute Gasteiger partial charge is 0.0661 e. The van der Waals surface area contributed by atoms with Crippen LogP contribution in [-0.2, 0) is 6.42 Å². The van der Waals surface area contributed by atoms with Crippen molar-refractivity contribution in [1.82, 2.24) is 9.88 Å². The van der Waals surface area contributed by atoms with Crippen molar-refractivity contribution in [3.05, 3.63) is 168 Å². The lowest BCUT2D eigenvalue weighted by atomic mass is 9.98. The predicted octanol–water partition coefficient (Wildman–Crippen LogP) is 11.1. The van der Waals surface area contributed by atoms with Gasteiger partial charge in [-0.15, -0.1) is 0 Å². The van der Waals surface area contributed by atoms with E-state index in [1.54, 1.807) is 6.20 Å². The van der Waals surface area contributed by atoms with Crippen LogP contribution in [0.15, 0.2) is 157 Å². The molecule has 260 valence electrons. The molecular formula is C47H52N4. The highest BCUT2D eigenvalue weighted by Gasteiger charge is 2.18. The number of hydrogen-bond acceptors (Lipinski definition) is 3. The highest BCUT2D eigenvalue weighted by molar-refractivity contribution is 6.19. The van der Waals surface area contributed by atoms with Gasteiger partial charge in [0.15, 0.2) is 0 Å². The van der Waals surface area contributed by atoms with Gasteiger partial charge in [0.05, 0.1) is 17.1 Å².